The van der Waals surface area contributed by atoms with Crippen LogP contribution in [0.3, 0.4) is 0 Å². The molecule has 0 saturated carbocycles. The van der Waals surface area contributed by atoms with Gasteiger partial charge in [0.05, 0.1) is 10.0 Å². The molecule has 0 bridgehead atoms. The van der Waals surface area contributed by atoms with Crippen molar-refractivity contribution in [2.75, 3.05) is 12.4 Å². The first-order valence-corrected chi connectivity index (χ1v) is 7.09. The molecule has 0 aliphatic rings. The van der Waals surface area contributed by atoms with E-state index in [1.807, 2.05) is 0 Å². The van der Waals surface area contributed by atoms with Crippen molar-refractivity contribution in [3.8, 4) is 11.6 Å². The maximum absolute atomic E-state index is 13.2. The van der Waals surface area contributed by atoms with Crippen LogP contribution in [0.5, 0.6) is 11.6 Å². The highest BCUT2D eigenvalue weighted by molar-refractivity contribution is 9.10. The normalized spacial score (nSPS) is 10.4. The Balaban J connectivity index is 2.34. The molecular weight excluding hydrogens is 325 g/mol. The number of nitrogens with one attached hydrogen (secondary N) is 1. The van der Waals surface area contributed by atoms with E-state index in [1.165, 1.54) is 12.4 Å². The van der Waals surface area contributed by atoms with E-state index in [9.17, 15) is 4.39 Å². The summed E-state index contributed by atoms with van der Waals surface area (Å²) in [6, 6.07) is 4.49. The van der Waals surface area contributed by atoms with E-state index in [0.29, 0.717) is 16.1 Å². The van der Waals surface area contributed by atoms with Crippen molar-refractivity contribution < 1.29 is 9.13 Å². The van der Waals surface area contributed by atoms with Gasteiger partial charge in [0.1, 0.15) is 23.7 Å². The summed E-state index contributed by atoms with van der Waals surface area (Å²) in [6.45, 7) is 2.07. The molecule has 1 N–H and O–H groups in total. The van der Waals surface area contributed by atoms with E-state index in [1.54, 1.807) is 19.2 Å². The second-order valence-corrected chi connectivity index (χ2v) is 5.04. The molecule has 6 heteroatoms. The van der Waals surface area contributed by atoms with E-state index in [-0.39, 0.29) is 5.82 Å². The van der Waals surface area contributed by atoms with Crippen molar-refractivity contribution in [2.24, 2.45) is 0 Å². The van der Waals surface area contributed by atoms with Gasteiger partial charge >= 0.3 is 0 Å². The lowest BCUT2D eigenvalue weighted by Gasteiger charge is -2.12. The Bertz CT molecular complexity index is 607. The number of anilines is 1. The molecule has 4 nitrogen and oxygen atoms in total. The van der Waals surface area contributed by atoms with E-state index >= 15 is 0 Å². The number of benzene rings is 1. The number of ether oxygens (including phenoxy) is 1. The molecule has 20 heavy (non-hydrogen) atoms. The van der Waals surface area contributed by atoms with Gasteiger partial charge in [-0.05, 0) is 40.5 Å². The van der Waals surface area contributed by atoms with Crippen LogP contribution in [0.4, 0.5) is 10.2 Å². The van der Waals surface area contributed by atoms with E-state index in [0.717, 1.165) is 24.2 Å². The number of hydrogen-bond acceptors (Lipinski definition) is 4. The fourth-order valence-electron chi connectivity index (χ4n) is 1.83. The summed E-state index contributed by atoms with van der Waals surface area (Å²) < 4.78 is 19.3. The summed E-state index contributed by atoms with van der Waals surface area (Å²) in [5, 5.41) is 3.03. The molecule has 0 fully saturated rings. The first kappa shape index (κ1) is 14.7. The first-order valence-electron chi connectivity index (χ1n) is 6.30. The fourth-order valence-corrected chi connectivity index (χ4v) is 2.18. The van der Waals surface area contributed by atoms with Crippen LogP contribution in [0.25, 0.3) is 0 Å². The quantitative estimate of drug-likeness (QED) is 0.888. The minimum atomic E-state index is -0.329. The van der Waals surface area contributed by atoms with Gasteiger partial charge in [-0.3, -0.25) is 0 Å². The van der Waals surface area contributed by atoms with Gasteiger partial charge in [-0.25, -0.2) is 14.4 Å². The van der Waals surface area contributed by atoms with Crippen LogP contribution in [0.1, 0.15) is 18.9 Å². The summed E-state index contributed by atoms with van der Waals surface area (Å²) in [6.07, 6.45) is 3.19. The van der Waals surface area contributed by atoms with Crippen molar-refractivity contribution >= 4 is 21.7 Å². The molecule has 0 atom stereocenters. The Hall–Kier alpha value is -1.69. The highest BCUT2D eigenvalue weighted by Gasteiger charge is 2.12. The second kappa shape index (κ2) is 6.65. The molecule has 1 aromatic carbocycles. The van der Waals surface area contributed by atoms with Crippen LogP contribution >= 0.6 is 15.9 Å². The lowest BCUT2D eigenvalue weighted by molar-refractivity contribution is 0.452. The van der Waals surface area contributed by atoms with Crippen molar-refractivity contribution in [3.63, 3.8) is 0 Å². The zero-order valence-corrected chi connectivity index (χ0v) is 12.9. The zero-order chi connectivity index (χ0) is 14.5. The molecule has 2 rings (SSSR count). The number of hydrogen-bond donors (Lipinski definition) is 1. The molecule has 0 unspecified atom stereocenters. The zero-order valence-electron chi connectivity index (χ0n) is 11.3. The number of halogens is 2. The maximum atomic E-state index is 13.2. The van der Waals surface area contributed by atoms with Gasteiger partial charge in [-0.1, -0.05) is 13.3 Å². The highest BCUT2D eigenvalue weighted by Crippen LogP contribution is 2.30. The monoisotopic (exact) mass is 339 g/mol. The fraction of sp³-hybridized carbons (Fsp3) is 0.286. The summed E-state index contributed by atoms with van der Waals surface area (Å²) in [4.78, 5) is 8.35. The Morgan fingerprint density at radius 2 is 2.15 bits per heavy atom. The van der Waals surface area contributed by atoms with Crippen LogP contribution in [0, 0.1) is 5.82 Å². The molecule has 1 heterocycles. The van der Waals surface area contributed by atoms with Crippen molar-refractivity contribution in [1.82, 2.24) is 9.97 Å². The Labute approximate surface area is 125 Å². The van der Waals surface area contributed by atoms with Gasteiger partial charge < -0.3 is 10.1 Å². The first-order chi connectivity index (χ1) is 9.65. The summed E-state index contributed by atoms with van der Waals surface area (Å²) in [5.74, 6) is 1.43. The molecule has 1 aromatic heterocycles. The molecule has 106 valence electrons. The highest BCUT2D eigenvalue weighted by atomic mass is 79.9. The molecule has 0 aliphatic heterocycles. The van der Waals surface area contributed by atoms with Crippen LogP contribution in [-0.2, 0) is 6.42 Å². The average molecular weight is 340 g/mol. The van der Waals surface area contributed by atoms with Gasteiger partial charge in [0.25, 0.3) is 0 Å². The Morgan fingerprint density at radius 3 is 2.80 bits per heavy atom. The molecule has 0 amide bonds. The van der Waals surface area contributed by atoms with Crippen molar-refractivity contribution in [3.05, 3.63) is 40.4 Å². The summed E-state index contributed by atoms with van der Waals surface area (Å²) >= 11 is 3.14. The topological polar surface area (TPSA) is 47.0 Å². The van der Waals surface area contributed by atoms with Crippen molar-refractivity contribution in [1.29, 1.82) is 0 Å². The van der Waals surface area contributed by atoms with Crippen LogP contribution in [0.2, 0.25) is 0 Å². The predicted molar refractivity (Wildman–Crippen MR) is 79.7 cm³/mol. The number of aromatic nitrogens is 2. The Kier molecular flexibility index (Phi) is 4.89. The largest absolute Gasteiger partial charge is 0.439 e. The molecular formula is C14H15BrFN3O. The smallest absolute Gasteiger partial charge is 0.227 e. The predicted octanol–water partition coefficient (Wildman–Crippen LogP) is 4.16. The number of nitrogens with zero attached hydrogens (tertiary/aromatic N) is 2. The average Bonchev–Trinajstić information content (AvgIpc) is 2.45. The second-order valence-electron chi connectivity index (χ2n) is 4.18. The Morgan fingerprint density at radius 1 is 1.35 bits per heavy atom. The third-order valence-electron chi connectivity index (χ3n) is 2.75. The van der Waals surface area contributed by atoms with Gasteiger partial charge in [-0.15, -0.1) is 0 Å². The lowest BCUT2D eigenvalue weighted by Crippen LogP contribution is -2.03. The van der Waals surface area contributed by atoms with Gasteiger partial charge in [0.15, 0.2) is 0 Å². The molecule has 0 radical (unpaired) electrons. The molecule has 0 saturated heterocycles. The number of rotatable bonds is 5. The lowest BCUT2D eigenvalue weighted by atomic mass is 10.1. The third-order valence-corrected chi connectivity index (χ3v) is 3.36. The van der Waals surface area contributed by atoms with Crippen LogP contribution < -0.4 is 10.1 Å². The van der Waals surface area contributed by atoms with Crippen LogP contribution in [-0.4, -0.2) is 17.0 Å². The van der Waals surface area contributed by atoms with Gasteiger partial charge in [0, 0.05) is 7.05 Å². The third kappa shape index (κ3) is 3.25. The van der Waals surface area contributed by atoms with E-state index in [2.05, 4.69) is 38.1 Å². The SMILES string of the molecule is CCCc1c(NC)ncnc1Oc1ccc(F)c(Br)c1. The molecule has 2 aromatic rings. The standard InChI is InChI=1S/C14H15BrFN3O/c1-3-4-10-13(17-2)18-8-19-14(10)20-9-5-6-12(16)11(15)7-9/h5-8H,3-4H2,1-2H3,(H,17,18,19). The minimum Gasteiger partial charge on any atom is -0.439 e. The van der Waals surface area contributed by atoms with Crippen LogP contribution in [0.15, 0.2) is 29.0 Å². The molecule has 0 aliphatic carbocycles. The van der Waals surface area contributed by atoms with E-state index in [4.69, 9.17) is 4.74 Å². The van der Waals surface area contributed by atoms with Gasteiger partial charge in [-0.2, -0.15) is 0 Å². The van der Waals surface area contributed by atoms with Crippen molar-refractivity contribution in [2.45, 2.75) is 19.8 Å². The minimum absolute atomic E-state index is 0.329. The summed E-state index contributed by atoms with van der Waals surface area (Å²) in [5.41, 5.74) is 0.915. The van der Waals surface area contributed by atoms with Gasteiger partial charge in [0.2, 0.25) is 5.88 Å². The molecule has 0 spiro atoms. The maximum Gasteiger partial charge on any atom is 0.227 e. The summed E-state index contributed by atoms with van der Waals surface area (Å²) in [7, 11) is 1.81. The van der Waals surface area contributed by atoms with E-state index < -0.39 is 0 Å².